The van der Waals surface area contributed by atoms with Gasteiger partial charge in [0.05, 0.1) is 12.2 Å². The number of nitrogens with one attached hydrogen (secondary N) is 1. The van der Waals surface area contributed by atoms with Gasteiger partial charge in [0.25, 0.3) is 5.91 Å². The number of para-hydroxylation sites is 1. The molecule has 4 N–H and O–H groups in total. The number of carbonyl (C=O) groups excluding carboxylic acids is 2. The van der Waals surface area contributed by atoms with Crippen molar-refractivity contribution >= 4 is 22.8 Å². The standard InChI is InChI=1S/C20H19FN2O5.C2H6O.C2H6/c1-11-18(20(26)23-15(9-24)19(22)25)13-8-12(6-7-16(13)28-11)10-27-17-5-3-2-4-14(17)21;1-3-2;1-2/h2-8,15,24H,9-10H2,1H3,(H2,22,25)(H,23,26);1-2H3;1-2H3. The van der Waals surface area contributed by atoms with Crippen LogP contribution in [0.2, 0.25) is 0 Å². The van der Waals surface area contributed by atoms with Gasteiger partial charge >= 0.3 is 0 Å². The molecule has 2 amide bonds. The fourth-order valence-corrected chi connectivity index (χ4v) is 2.80. The lowest BCUT2D eigenvalue weighted by Crippen LogP contribution is -2.46. The number of furan rings is 1. The predicted octanol–water partition coefficient (Wildman–Crippen LogP) is 3.32. The SMILES string of the molecule is CC.COC.Cc1oc2ccc(COc3ccccc3F)cc2c1C(=O)NC(CO)C(N)=O. The van der Waals surface area contributed by atoms with Crippen LogP contribution in [0.25, 0.3) is 11.0 Å². The Morgan fingerprint density at radius 2 is 1.82 bits per heavy atom. The minimum Gasteiger partial charge on any atom is -0.486 e. The first-order chi connectivity index (χ1) is 15.8. The van der Waals surface area contributed by atoms with Crippen molar-refractivity contribution in [2.24, 2.45) is 5.73 Å². The number of rotatable bonds is 7. The smallest absolute Gasteiger partial charge is 0.256 e. The summed E-state index contributed by atoms with van der Waals surface area (Å²) in [5, 5.41) is 12.1. The summed E-state index contributed by atoms with van der Waals surface area (Å²) in [6, 6.07) is 9.97. The number of hydrogen-bond acceptors (Lipinski definition) is 6. The van der Waals surface area contributed by atoms with Gasteiger partial charge < -0.3 is 30.0 Å². The zero-order chi connectivity index (χ0) is 25.0. The minimum atomic E-state index is -1.20. The zero-order valence-corrected chi connectivity index (χ0v) is 19.5. The summed E-state index contributed by atoms with van der Waals surface area (Å²) in [4.78, 5) is 23.8. The average molecular weight is 463 g/mol. The molecule has 0 fully saturated rings. The van der Waals surface area contributed by atoms with Crippen LogP contribution in [0.3, 0.4) is 0 Å². The van der Waals surface area contributed by atoms with Crippen molar-refractivity contribution in [3.05, 3.63) is 65.2 Å². The third kappa shape index (κ3) is 7.58. The van der Waals surface area contributed by atoms with E-state index in [0.717, 1.165) is 0 Å². The number of aliphatic hydroxyl groups is 1. The van der Waals surface area contributed by atoms with E-state index in [9.17, 15) is 19.1 Å². The first-order valence-electron chi connectivity index (χ1n) is 10.3. The maximum atomic E-state index is 13.7. The van der Waals surface area contributed by atoms with Crippen LogP contribution in [0.5, 0.6) is 5.75 Å². The Balaban J connectivity index is 0.00000101. The Morgan fingerprint density at radius 3 is 2.39 bits per heavy atom. The Bertz CT molecular complexity index is 1050. The van der Waals surface area contributed by atoms with Gasteiger partial charge in [0.2, 0.25) is 5.91 Å². The number of hydrogen-bond donors (Lipinski definition) is 3. The van der Waals surface area contributed by atoms with Gasteiger partial charge in [-0.1, -0.05) is 32.0 Å². The molecule has 0 aliphatic carbocycles. The highest BCUT2D eigenvalue weighted by Crippen LogP contribution is 2.27. The average Bonchev–Trinajstić information content (AvgIpc) is 3.13. The fourth-order valence-electron chi connectivity index (χ4n) is 2.80. The van der Waals surface area contributed by atoms with E-state index in [4.69, 9.17) is 14.9 Å². The molecule has 180 valence electrons. The van der Waals surface area contributed by atoms with Crippen molar-refractivity contribution in [3.8, 4) is 5.75 Å². The van der Waals surface area contributed by atoms with Crippen LogP contribution < -0.4 is 15.8 Å². The molecule has 1 unspecified atom stereocenters. The summed E-state index contributed by atoms with van der Waals surface area (Å²) < 4.78 is 29.0. The minimum absolute atomic E-state index is 0.0860. The Labute approximate surface area is 192 Å². The summed E-state index contributed by atoms with van der Waals surface area (Å²) >= 11 is 0. The van der Waals surface area contributed by atoms with Gasteiger partial charge in [0.1, 0.15) is 24.0 Å². The van der Waals surface area contributed by atoms with E-state index in [0.29, 0.717) is 22.3 Å². The van der Waals surface area contributed by atoms with Gasteiger partial charge in [-0.25, -0.2) is 4.39 Å². The first kappa shape index (κ1) is 27.6. The maximum absolute atomic E-state index is 13.7. The summed E-state index contributed by atoms with van der Waals surface area (Å²) in [5.74, 6) is -1.44. The van der Waals surface area contributed by atoms with Crippen molar-refractivity contribution in [2.45, 2.75) is 33.4 Å². The first-order valence-corrected chi connectivity index (χ1v) is 10.3. The van der Waals surface area contributed by atoms with E-state index in [-0.39, 0.29) is 17.9 Å². The van der Waals surface area contributed by atoms with Crippen molar-refractivity contribution in [3.63, 3.8) is 0 Å². The van der Waals surface area contributed by atoms with Crippen molar-refractivity contribution in [1.82, 2.24) is 5.32 Å². The molecule has 3 rings (SSSR count). The molecule has 1 atom stereocenters. The molecule has 1 aromatic heterocycles. The van der Waals surface area contributed by atoms with Gasteiger partial charge in [0, 0.05) is 19.6 Å². The zero-order valence-electron chi connectivity index (χ0n) is 19.5. The molecule has 0 radical (unpaired) electrons. The van der Waals surface area contributed by atoms with E-state index in [2.05, 4.69) is 10.1 Å². The molecule has 0 spiro atoms. The van der Waals surface area contributed by atoms with Crippen LogP contribution in [0.15, 0.2) is 46.9 Å². The van der Waals surface area contributed by atoms with Gasteiger partial charge in [-0.15, -0.1) is 0 Å². The molecular weight excluding hydrogens is 431 g/mol. The molecule has 1 heterocycles. The number of fused-ring (bicyclic) bond motifs is 1. The molecule has 2 aromatic carbocycles. The lowest BCUT2D eigenvalue weighted by molar-refractivity contribution is -0.120. The van der Waals surface area contributed by atoms with Gasteiger partial charge in [-0.2, -0.15) is 0 Å². The maximum Gasteiger partial charge on any atom is 0.256 e. The number of benzene rings is 2. The van der Waals surface area contributed by atoms with Crippen LogP contribution in [0.4, 0.5) is 4.39 Å². The molecule has 3 aromatic rings. The highest BCUT2D eigenvalue weighted by atomic mass is 19.1. The second-order valence-electron chi connectivity index (χ2n) is 6.60. The predicted molar refractivity (Wildman–Crippen MR) is 123 cm³/mol. The van der Waals surface area contributed by atoms with Crippen LogP contribution >= 0.6 is 0 Å². The normalized spacial score (nSPS) is 10.9. The third-order valence-electron chi connectivity index (χ3n) is 4.22. The Kier molecular flexibility index (Phi) is 11.6. The van der Waals surface area contributed by atoms with Crippen LogP contribution in [0.1, 0.15) is 35.5 Å². The third-order valence-corrected chi connectivity index (χ3v) is 4.22. The van der Waals surface area contributed by atoms with Crippen molar-refractivity contribution in [2.75, 3.05) is 20.8 Å². The second-order valence-corrected chi connectivity index (χ2v) is 6.60. The van der Waals surface area contributed by atoms with Crippen molar-refractivity contribution in [1.29, 1.82) is 0 Å². The lowest BCUT2D eigenvalue weighted by atomic mass is 10.1. The largest absolute Gasteiger partial charge is 0.486 e. The molecule has 9 heteroatoms. The van der Waals surface area contributed by atoms with E-state index in [1.807, 2.05) is 13.8 Å². The number of methoxy groups -OCH3 is 1. The summed E-state index contributed by atoms with van der Waals surface area (Å²) in [7, 11) is 3.25. The number of nitrogens with two attached hydrogens (primary N) is 1. The highest BCUT2D eigenvalue weighted by molar-refractivity contribution is 6.08. The number of aliphatic hydroxyl groups excluding tert-OH is 1. The van der Waals surface area contributed by atoms with Gasteiger partial charge in [0.15, 0.2) is 11.6 Å². The Morgan fingerprint density at radius 1 is 1.18 bits per heavy atom. The fraction of sp³-hybridized carbons (Fsp3) is 0.333. The molecule has 0 saturated heterocycles. The van der Waals surface area contributed by atoms with Crippen LogP contribution in [-0.4, -0.2) is 43.8 Å². The number of carbonyl (C=O) groups is 2. The molecule has 0 aliphatic heterocycles. The summed E-state index contributed by atoms with van der Waals surface area (Å²) in [5.41, 5.74) is 6.53. The van der Waals surface area contributed by atoms with E-state index in [1.165, 1.54) is 12.1 Å². The number of aryl methyl sites for hydroxylation is 1. The monoisotopic (exact) mass is 462 g/mol. The quantitative estimate of drug-likeness (QED) is 0.495. The summed E-state index contributed by atoms with van der Waals surface area (Å²) in [6.07, 6.45) is 0. The summed E-state index contributed by atoms with van der Waals surface area (Å²) in [6.45, 7) is 5.09. The van der Waals surface area contributed by atoms with Crippen LogP contribution in [0, 0.1) is 12.7 Å². The van der Waals surface area contributed by atoms with E-state index < -0.39 is 30.3 Å². The number of ether oxygens (including phenoxy) is 2. The number of halogens is 1. The van der Waals surface area contributed by atoms with Crippen molar-refractivity contribution < 1.29 is 33.0 Å². The topological polar surface area (TPSA) is 124 Å². The highest BCUT2D eigenvalue weighted by Gasteiger charge is 2.23. The molecule has 33 heavy (non-hydrogen) atoms. The van der Waals surface area contributed by atoms with Crippen LogP contribution in [-0.2, 0) is 16.1 Å². The molecule has 0 saturated carbocycles. The molecule has 0 bridgehead atoms. The Hall–Kier alpha value is -3.43. The van der Waals surface area contributed by atoms with E-state index in [1.54, 1.807) is 51.5 Å². The molecule has 8 nitrogen and oxygen atoms in total. The van der Waals surface area contributed by atoms with Gasteiger partial charge in [-0.3, -0.25) is 9.59 Å². The number of primary amides is 1. The molecule has 0 aliphatic rings. The second kappa shape index (κ2) is 13.9. The van der Waals surface area contributed by atoms with Gasteiger partial charge in [-0.05, 0) is 36.8 Å². The lowest BCUT2D eigenvalue weighted by Gasteiger charge is -2.12. The van der Waals surface area contributed by atoms with E-state index >= 15 is 0 Å². The number of amides is 2. The molecular formula is C24H31FN2O6.